The summed E-state index contributed by atoms with van der Waals surface area (Å²) in [5.74, 6) is 2.21. The number of hydrogen-bond acceptors (Lipinski definition) is 5. The molecule has 4 nitrogen and oxygen atoms in total. The summed E-state index contributed by atoms with van der Waals surface area (Å²) in [6, 6.07) is 0. The van der Waals surface area contributed by atoms with Crippen molar-refractivity contribution < 1.29 is 0 Å². The molecular formula is C8H14N4S. The van der Waals surface area contributed by atoms with Crippen LogP contribution in [-0.4, -0.2) is 28.5 Å². The molecule has 0 unspecified atom stereocenters. The van der Waals surface area contributed by atoms with Crippen LogP contribution in [-0.2, 0) is 0 Å². The Hall–Kier alpha value is -0.970. The Morgan fingerprint density at radius 1 is 1.62 bits per heavy atom. The van der Waals surface area contributed by atoms with Crippen LogP contribution in [0.1, 0.15) is 5.56 Å². The molecule has 1 heterocycles. The molecule has 0 fully saturated rings. The first kappa shape index (κ1) is 10.1. The zero-order valence-corrected chi connectivity index (χ0v) is 8.69. The number of aryl methyl sites for hydroxylation is 1. The van der Waals surface area contributed by atoms with E-state index in [4.69, 9.17) is 5.73 Å². The first-order chi connectivity index (χ1) is 6.24. The average molecular weight is 198 g/mol. The van der Waals surface area contributed by atoms with Gasteiger partial charge in [-0.15, -0.1) is 0 Å². The molecular weight excluding hydrogens is 184 g/mol. The Kier molecular flexibility index (Phi) is 3.82. The largest absolute Gasteiger partial charge is 0.369 e. The van der Waals surface area contributed by atoms with Crippen molar-refractivity contribution in [3.63, 3.8) is 0 Å². The third-order valence-electron chi connectivity index (χ3n) is 1.59. The number of rotatable bonds is 4. The van der Waals surface area contributed by atoms with Crippen molar-refractivity contribution in [1.82, 2.24) is 9.97 Å². The molecule has 5 heteroatoms. The first-order valence-corrected chi connectivity index (χ1v) is 5.45. The molecule has 72 valence electrons. The van der Waals surface area contributed by atoms with Gasteiger partial charge in [0, 0.05) is 24.1 Å². The fourth-order valence-corrected chi connectivity index (χ4v) is 1.21. The van der Waals surface area contributed by atoms with Gasteiger partial charge in [-0.25, -0.2) is 4.98 Å². The molecule has 0 aliphatic carbocycles. The molecule has 0 saturated heterocycles. The van der Waals surface area contributed by atoms with Gasteiger partial charge < -0.3 is 11.1 Å². The number of nitrogens with zero attached hydrogens (tertiary/aromatic N) is 2. The smallest absolute Gasteiger partial charge is 0.221 e. The lowest BCUT2D eigenvalue weighted by molar-refractivity contribution is 1.10. The molecule has 1 aromatic rings. The Morgan fingerprint density at radius 2 is 2.38 bits per heavy atom. The maximum absolute atomic E-state index is 5.46. The molecule has 13 heavy (non-hydrogen) atoms. The maximum atomic E-state index is 5.46. The number of anilines is 2. The molecule has 0 spiro atoms. The van der Waals surface area contributed by atoms with Crippen LogP contribution in [0, 0.1) is 6.92 Å². The van der Waals surface area contributed by atoms with E-state index in [1.807, 2.05) is 6.92 Å². The third-order valence-corrected chi connectivity index (χ3v) is 2.20. The molecule has 0 saturated carbocycles. The number of nitrogens with two attached hydrogens (primary N) is 1. The van der Waals surface area contributed by atoms with Crippen molar-refractivity contribution in [1.29, 1.82) is 0 Å². The quantitative estimate of drug-likeness (QED) is 0.710. The van der Waals surface area contributed by atoms with Crippen molar-refractivity contribution in [2.45, 2.75) is 6.92 Å². The topological polar surface area (TPSA) is 63.8 Å². The Morgan fingerprint density at radius 3 is 3.08 bits per heavy atom. The Balaban J connectivity index is 2.59. The van der Waals surface area contributed by atoms with E-state index in [1.54, 1.807) is 18.0 Å². The predicted octanol–water partition coefficient (Wildman–Crippen LogP) is 1.14. The first-order valence-electron chi connectivity index (χ1n) is 4.06. The van der Waals surface area contributed by atoms with Gasteiger partial charge >= 0.3 is 0 Å². The summed E-state index contributed by atoms with van der Waals surface area (Å²) in [6.45, 7) is 2.86. The van der Waals surface area contributed by atoms with E-state index in [0.717, 1.165) is 23.7 Å². The van der Waals surface area contributed by atoms with Crippen LogP contribution < -0.4 is 11.1 Å². The van der Waals surface area contributed by atoms with Crippen molar-refractivity contribution >= 4 is 23.5 Å². The molecule has 3 N–H and O–H groups in total. The monoisotopic (exact) mass is 198 g/mol. The Bertz CT molecular complexity index is 277. The van der Waals surface area contributed by atoms with Crippen LogP contribution >= 0.6 is 11.8 Å². The summed E-state index contributed by atoms with van der Waals surface area (Å²) >= 11 is 1.79. The minimum atomic E-state index is 0.317. The molecule has 0 aliphatic rings. The lowest BCUT2D eigenvalue weighted by Gasteiger charge is -2.07. The van der Waals surface area contributed by atoms with Crippen LogP contribution in [0.25, 0.3) is 0 Å². The van der Waals surface area contributed by atoms with E-state index in [9.17, 15) is 0 Å². The summed E-state index contributed by atoms with van der Waals surface area (Å²) in [4.78, 5) is 7.98. The van der Waals surface area contributed by atoms with Gasteiger partial charge in [-0.2, -0.15) is 16.7 Å². The molecule has 0 atom stereocenters. The van der Waals surface area contributed by atoms with E-state index >= 15 is 0 Å². The lowest BCUT2D eigenvalue weighted by Crippen LogP contribution is -2.08. The van der Waals surface area contributed by atoms with Crippen LogP contribution in [0.2, 0.25) is 0 Å². The van der Waals surface area contributed by atoms with E-state index < -0.39 is 0 Å². The van der Waals surface area contributed by atoms with Gasteiger partial charge in [0.1, 0.15) is 5.82 Å². The second kappa shape index (κ2) is 4.91. The highest BCUT2D eigenvalue weighted by Gasteiger charge is 1.99. The van der Waals surface area contributed by atoms with Crippen LogP contribution in [0.4, 0.5) is 11.8 Å². The van der Waals surface area contributed by atoms with Crippen LogP contribution in [0.15, 0.2) is 6.20 Å². The third kappa shape index (κ3) is 3.10. The van der Waals surface area contributed by atoms with Crippen molar-refractivity contribution in [2.24, 2.45) is 0 Å². The number of nitrogen functional groups attached to an aromatic ring is 1. The maximum Gasteiger partial charge on any atom is 0.221 e. The molecule has 1 aromatic heterocycles. The SMILES string of the molecule is CSCCNc1nc(N)ncc1C. The summed E-state index contributed by atoms with van der Waals surface area (Å²) in [7, 11) is 0. The van der Waals surface area contributed by atoms with Gasteiger partial charge in [0.15, 0.2) is 0 Å². The number of thioether (sulfide) groups is 1. The standard InChI is InChI=1S/C8H14N4S/c1-6-5-11-8(9)12-7(6)10-3-4-13-2/h5H,3-4H2,1-2H3,(H3,9,10,11,12). The molecule has 0 radical (unpaired) electrons. The summed E-state index contributed by atoms with van der Waals surface area (Å²) in [6.07, 6.45) is 3.80. The van der Waals surface area contributed by atoms with Crippen molar-refractivity contribution in [2.75, 3.05) is 29.6 Å². The van der Waals surface area contributed by atoms with E-state index in [-0.39, 0.29) is 0 Å². The van der Waals surface area contributed by atoms with E-state index in [0.29, 0.717) is 5.95 Å². The van der Waals surface area contributed by atoms with Gasteiger partial charge in [-0.05, 0) is 13.2 Å². The predicted molar refractivity (Wildman–Crippen MR) is 58.1 cm³/mol. The summed E-state index contributed by atoms with van der Waals surface area (Å²) in [5.41, 5.74) is 6.49. The highest BCUT2D eigenvalue weighted by Crippen LogP contribution is 2.10. The van der Waals surface area contributed by atoms with Gasteiger partial charge in [-0.3, -0.25) is 0 Å². The summed E-state index contributed by atoms with van der Waals surface area (Å²) < 4.78 is 0. The van der Waals surface area contributed by atoms with Crippen molar-refractivity contribution in [3.05, 3.63) is 11.8 Å². The Labute approximate surface area is 82.3 Å². The number of aromatic nitrogens is 2. The van der Waals surface area contributed by atoms with E-state index in [2.05, 4.69) is 21.5 Å². The molecule has 0 aliphatic heterocycles. The number of nitrogens with one attached hydrogen (secondary N) is 1. The van der Waals surface area contributed by atoms with Gasteiger partial charge in [0.2, 0.25) is 5.95 Å². The van der Waals surface area contributed by atoms with Crippen LogP contribution in [0.3, 0.4) is 0 Å². The van der Waals surface area contributed by atoms with E-state index in [1.165, 1.54) is 0 Å². The van der Waals surface area contributed by atoms with Gasteiger partial charge in [0.05, 0.1) is 0 Å². The van der Waals surface area contributed by atoms with Crippen LogP contribution in [0.5, 0.6) is 0 Å². The average Bonchev–Trinajstić information content (AvgIpc) is 2.11. The molecule has 0 aromatic carbocycles. The highest BCUT2D eigenvalue weighted by atomic mass is 32.2. The molecule has 0 bridgehead atoms. The van der Waals surface area contributed by atoms with Gasteiger partial charge in [0.25, 0.3) is 0 Å². The molecule has 0 amide bonds. The number of hydrogen-bond donors (Lipinski definition) is 2. The zero-order chi connectivity index (χ0) is 9.68. The second-order valence-corrected chi connectivity index (χ2v) is 3.66. The normalized spacial score (nSPS) is 10.0. The van der Waals surface area contributed by atoms with Gasteiger partial charge in [-0.1, -0.05) is 0 Å². The second-order valence-electron chi connectivity index (χ2n) is 2.68. The molecule has 1 rings (SSSR count). The lowest BCUT2D eigenvalue weighted by atomic mass is 10.3. The highest BCUT2D eigenvalue weighted by molar-refractivity contribution is 7.98. The fraction of sp³-hybridized carbons (Fsp3) is 0.500. The minimum absolute atomic E-state index is 0.317. The van der Waals surface area contributed by atoms with Crippen molar-refractivity contribution in [3.8, 4) is 0 Å². The minimum Gasteiger partial charge on any atom is -0.369 e. The zero-order valence-electron chi connectivity index (χ0n) is 7.87. The fourth-order valence-electron chi connectivity index (χ4n) is 0.906. The summed E-state index contributed by atoms with van der Waals surface area (Å²) in [5, 5.41) is 3.20.